The molecule has 0 aliphatic carbocycles. The van der Waals surface area contributed by atoms with Gasteiger partial charge in [-0.3, -0.25) is 0 Å². The van der Waals surface area contributed by atoms with Crippen LogP contribution < -0.4 is 5.32 Å². The van der Waals surface area contributed by atoms with Crippen molar-refractivity contribution in [3.8, 4) is 0 Å². The topological polar surface area (TPSA) is 12.0 Å². The van der Waals surface area contributed by atoms with Crippen LogP contribution in [-0.4, -0.2) is 6.04 Å². The molecule has 2 aromatic carbocycles. The van der Waals surface area contributed by atoms with Crippen molar-refractivity contribution in [2.75, 3.05) is 0 Å². The molecule has 0 atom stereocenters. The van der Waals surface area contributed by atoms with Crippen molar-refractivity contribution in [3.05, 3.63) is 57.0 Å². The first kappa shape index (κ1) is 17.0. The molecular weight excluding hydrogens is 345 g/mol. The SMILES string of the molecule is CC(C)NCc1ccc(Sc2cc(Cl)ccc2Cl)c(Cl)c1. The summed E-state index contributed by atoms with van der Waals surface area (Å²) in [6.07, 6.45) is 0. The first-order valence-electron chi connectivity index (χ1n) is 6.60. The minimum Gasteiger partial charge on any atom is -0.310 e. The summed E-state index contributed by atoms with van der Waals surface area (Å²) >= 11 is 20.1. The Morgan fingerprint density at radius 3 is 2.38 bits per heavy atom. The molecule has 0 amide bonds. The maximum Gasteiger partial charge on any atom is 0.0548 e. The van der Waals surface area contributed by atoms with E-state index in [9.17, 15) is 0 Å². The van der Waals surface area contributed by atoms with E-state index >= 15 is 0 Å². The van der Waals surface area contributed by atoms with Gasteiger partial charge in [0.05, 0.1) is 10.0 Å². The van der Waals surface area contributed by atoms with Crippen LogP contribution in [0.15, 0.2) is 46.2 Å². The van der Waals surface area contributed by atoms with Crippen molar-refractivity contribution < 1.29 is 0 Å². The zero-order chi connectivity index (χ0) is 15.4. The average Bonchev–Trinajstić information content (AvgIpc) is 2.43. The zero-order valence-electron chi connectivity index (χ0n) is 11.8. The largest absolute Gasteiger partial charge is 0.310 e. The smallest absolute Gasteiger partial charge is 0.0548 e. The maximum atomic E-state index is 6.36. The van der Waals surface area contributed by atoms with Crippen LogP contribution in [0.5, 0.6) is 0 Å². The molecule has 0 fully saturated rings. The molecule has 0 unspecified atom stereocenters. The lowest BCUT2D eigenvalue weighted by molar-refractivity contribution is 0.589. The van der Waals surface area contributed by atoms with E-state index in [4.69, 9.17) is 34.8 Å². The van der Waals surface area contributed by atoms with Gasteiger partial charge >= 0.3 is 0 Å². The number of halogens is 3. The summed E-state index contributed by atoms with van der Waals surface area (Å²) in [6.45, 7) is 5.04. The highest BCUT2D eigenvalue weighted by atomic mass is 35.5. The molecule has 0 radical (unpaired) electrons. The van der Waals surface area contributed by atoms with Gasteiger partial charge in [-0.2, -0.15) is 0 Å². The van der Waals surface area contributed by atoms with Gasteiger partial charge in [0.25, 0.3) is 0 Å². The fraction of sp³-hybridized carbons (Fsp3) is 0.250. The molecule has 0 aliphatic rings. The third-order valence-electron chi connectivity index (χ3n) is 2.82. The molecule has 21 heavy (non-hydrogen) atoms. The number of hydrogen-bond donors (Lipinski definition) is 1. The van der Waals surface area contributed by atoms with Gasteiger partial charge in [0.1, 0.15) is 0 Å². The van der Waals surface area contributed by atoms with Gasteiger partial charge in [0.2, 0.25) is 0 Å². The molecule has 0 bridgehead atoms. The molecule has 0 heterocycles. The Kier molecular flexibility index (Phi) is 6.27. The second-order valence-electron chi connectivity index (χ2n) is 4.98. The Bertz CT molecular complexity index is 629. The molecule has 2 rings (SSSR count). The molecular formula is C16H16Cl3NS. The highest BCUT2D eigenvalue weighted by molar-refractivity contribution is 7.99. The van der Waals surface area contributed by atoms with Gasteiger partial charge in [-0.05, 0) is 35.9 Å². The van der Waals surface area contributed by atoms with Gasteiger partial charge in [-0.15, -0.1) is 0 Å². The summed E-state index contributed by atoms with van der Waals surface area (Å²) in [5.74, 6) is 0. The van der Waals surface area contributed by atoms with Crippen LogP contribution in [0, 0.1) is 0 Å². The first-order valence-corrected chi connectivity index (χ1v) is 8.55. The van der Waals surface area contributed by atoms with Gasteiger partial charge < -0.3 is 5.32 Å². The van der Waals surface area contributed by atoms with Crippen molar-refractivity contribution in [2.24, 2.45) is 0 Å². The van der Waals surface area contributed by atoms with E-state index in [-0.39, 0.29) is 0 Å². The highest BCUT2D eigenvalue weighted by Gasteiger charge is 2.08. The van der Waals surface area contributed by atoms with E-state index in [2.05, 4.69) is 25.2 Å². The zero-order valence-corrected chi connectivity index (χ0v) is 14.9. The van der Waals surface area contributed by atoms with Crippen LogP contribution in [0.3, 0.4) is 0 Å². The van der Waals surface area contributed by atoms with Gasteiger partial charge in [-0.25, -0.2) is 0 Å². The highest BCUT2D eigenvalue weighted by Crippen LogP contribution is 2.38. The lowest BCUT2D eigenvalue weighted by atomic mass is 10.2. The quantitative estimate of drug-likeness (QED) is 0.672. The Balaban J connectivity index is 2.15. The second-order valence-corrected chi connectivity index (χ2v) is 7.31. The van der Waals surface area contributed by atoms with Crippen molar-refractivity contribution in [3.63, 3.8) is 0 Å². The molecule has 1 N–H and O–H groups in total. The van der Waals surface area contributed by atoms with Crippen molar-refractivity contribution in [1.82, 2.24) is 5.32 Å². The van der Waals surface area contributed by atoms with E-state index in [1.165, 1.54) is 11.8 Å². The monoisotopic (exact) mass is 359 g/mol. The summed E-state index contributed by atoms with van der Waals surface area (Å²) in [6, 6.07) is 11.9. The van der Waals surface area contributed by atoms with Crippen LogP contribution in [0.25, 0.3) is 0 Å². The van der Waals surface area contributed by atoms with Crippen LogP contribution in [-0.2, 0) is 6.54 Å². The number of benzene rings is 2. The average molecular weight is 361 g/mol. The molecule has 0 aromatic heterocycles. The Morgan fingerprint density at radius 2 is 1.71 bits per heavy atom. The standard InChI is InChI=1S/C16H16Cl3NS/c1-10(2)20-9-11-3-6-15(14(19)7-11)21-16-8-12(17)4-5-13(16)18/h3-8,10,20H,9H2,1-2H3. The van der Waals surface area contributed by atoms with Crippen LogP contribution in [0.4, 0.5) is 0 Å². The van der Waals surface area contributed by atoms with Gasteiger partial charge in [0, 0.05) is 27.4 Å². The normalized spacial score (nSPS) is 11.1. The van der Waals surface area contributed by atoms with E-state index in [1.807, 2.05) is 18.2 Å². The summed E-state index contributed by atoms with van der Waals surface area (Å²) in [4.78, 5) is 1.87. The Morgan fingerprint density at radius 1 is 0.952 bits per heavy atom. The number of rotatable bonds is 5. The fourth-order valence-electron chi connectivity index (χ4n) is 1.73. The maximum absolute atomic E-state index is 6.36. The van der Waals surface area contributed by atoms with Crippen LogP contribution in [0.2, 0.25) is 15.1 Å². The van der Waals surface area contributed by atoms with E-state index in [1.54, 1.807) is 12.1 Å². The molecule has 1 nitrogen and oxygen atoms in total. The van der Waals surface area contributed by atoms with Gasteiger partial charge in [-0.1, -0.05) is 66.5 Å². The van der Waals surface area contributed by atoms with E-state index in [0.717, 1.165) is 26.9 Å². The van der Waals surface area contributed by atoms with E-state index in [0.29, 0.717) is 16.1 Å². The molecule has 0 saturated heterocycles. The van der Waals surface area contributed by atoms with E-state index < -0.39 is 0 Å². The van der Waals surface area contributed by atoms with Crippen LogP contribution >= 0.6 is 46.6 Å². The minimum atomic E-state index is 0.447. The number of nitrogens with one attached hydrogen (secondary N) is 1. The predicted molar refractivity (Wildman–Crippen MR) is 94.0 cm³/mol. The summed E-state index contributed by atoms with van der Waals surface area (Å²) in [5.41, 5.74) is 1.16. The second kappa shape index (κ2) is 7.75. The molecule has 112 valence electrons. The lowest BCUT2D eigenvalue weighted by Gasteiger charge is -2.11. The fourth-order valence-corrected chi connectivity index (χ4v) is 3.40. The third kappa shape index (κ3) is 5.08. The molecule has 2 aromatic rings. The van der Waals surface area contributed by atoms with Crippen molar-refractivity contribution >= 4 is 46.6 Å². The third-order valence-corrected chi connectivity index (χ3v) is 5.06. The molecule has 0 spiro atoms. The molecule has 0 aliphatic heterocycles. The Hall–Kier alpha value is -0.380. The molecule has 5 heteroatoms. The Labute approximate surface area is 145 Å². The summed E-state index contributed by atoms with van der Waals surface area (Å²) < 4.78 is 0. The molecule has 0 saturated carbocycles. The number of hydrogen-bond acceptors (Lipinski definition) is 2. The summed E-state index contributed by atoms with van der Waals surface area (Å²) in [7, 11) is 0. The minimum absolute atomic E-state index is 0.447. The predicted octanol–water partition coefficient (Wildman–Crippen LogP) is 6.30. The summed E-state index contributed by atoms with van der Waals surface area (Å²) in [5, 5.41) is 5.43. The first-order chi connectivity index (χ1) is 9.95. The van der Waals surface area contributed by atoms with Crippen molar-refractivity contribution in [1.29, 1.82) is 0 Å². The van der Waals surface area contributed by atoms with Crippen LogP contribution in [0.1, 0.15) is 19.4 Å². The van der Waals surface area contributed by atoms with Gasteiger partial charge in [0.15, 0.2) is 0 Å². The lowest BCUT2D eigenvalue weighted by Crippen LogP contribution is -2.21. The van der Waals surface area contributed by atoms with Crippen molar-refractivity contribution in [2.45, 2.75) is 36.2 Å².